The predicted molar refractivity (Wildman–Crippen MR) is 76.5 cm³/mol. The van der Waals surface area contributed by atoms with Gasteiger partial charge in [-0.05, 0) is 25.1 Å². The molecular weight excluding hydrogens is 296 g/mol. The van der Waals surface area contributed by atoms with Crippen LogP contribution in [0.5, 0.6) is 0 Å². The number of halogens is 1. The summed E-state index contributed by atoms with van der Waals surface area (Å²) in [5.41, 5.74) is 0.931. The van der Waals surface area contributed by atoms with Crippen molar-refractivity contribution in [3.05, 3.63) is 39.4 Å². The lowest BCUT2D eigenvalue weighted by Gasteiger charge is -2.00. The molecule has 0 saturated heterocycles. The monoisotopic (exact) mass is 306 g/mol. The number of nitrogens with one attached hydrogen (secondary N) is 1. The SMILES string of the molecule is CCOC(=O)Cc1nc2c(=O)[nH]c3cc(Cl)ccc3n2n1. The molecule has 0 aliphatic rings. The Balaban J connectivity index is 2.16. The quantitative estimate of drug-likeness (QED) is 0.737. The standard InChI is InChI=1S/C13H11ClN4O3/c1-2-21-11(19)6-10-16-12-13(20)15-8-5-7(14)3-4-9(8)18(12)17-10/h3-5H,2,6H2,1H3,(H,15,20). The minimum atomic E-state index is -0.433. The second-order valence-corrected chi connectivity index (χ2v) is 4.80. The van der Waals surface area contributed by atoms with Crippen molar-refractivity contribution in [2.45, 2.75) is 13.3 Å². The van der Waals surface area contributed by atoms with Crippen LogP contribution >= 0.6 is 11.6 Å². The Hall–Kier alpha value is -2.41. The number of ether oxygens (including phenoxy) is 1. The maximum absolute atomic E-state index is 12.0. The summed E-state index contributed by atoms with van der Waals surface area (Å²) in [4.78, 5) is 30.2. The number of fused-ring (bicyclic) bond motifs is 3. The Morgan fingerprint density at radius 2 is 2.29 bits per heavy atom. The van der Waals surface area contributed by atoms with Gasteiger partial charge in [-0.25, -0.2) is 9.50 Å². The van der Waals surface area contributed by atoms with E-state index in [0.717, 1.165) is 0 Å². The number of hydrogen-bond acceptors (Lipinski definition) is 5. The number of esters is 1. The molecule has 0 unspecified atom stereocenters. The van der Waals surface area contributed by atoms with Gasteiger partial charge >= 0.3 is 5.97 Å². The maximum atomic E-state index is 12.0. The first-order valence-electron chi connectivity index (χ1n) is 6.31. The second-order valence-electron chi connectivity index (χ2n) is 4.36. The number of aromatic nitrogens is 4. The zero-order chi connectivity index (χ0) is 15.0. The average Bonchev–Trinajstić information content (AvgIpc) is 2.83. The van der Waals surface area contributed by atoms with E-state index in [0.29, 0.717) is 16.1 Å². The van der Waals surface area contributed by atoms with Gasteiger partial charge in [0.15, 0.2) is 5.82 Å². The van der Waals surface area contributed by atoms with Crippen LogP contribution in [-0.2, 0) is 16.0 Å². The van der Waals surface area contributed by atoms with Crippen LogP contribution in [0.3, 0.4) is 0 Å². The largest absolute Gasteiger partial charge is 0.466 e. The normalized spacial score (nSPS) is 11.1. The Morgan fingerprint density at radius 3 is 3.05 bits per heavy atom. The summed E-state index contributed by atoms with van der Waals surface area (Å²) in [6.45, 7) is 2.01. The highest BCUT2D eigenvalue weighted by molar-refractivity contribution is 6.31. The van der Waals surface area contributed by atoms with Crippen molar-refractivity contribution in [3.63, 3.8) is 0 Å². The summed E-state index contributed by atoms with van der Waals surface area (Å²) < 4.78 is 6.25. The highest BCUT2D eigenvalue weighted by Gasteiger charge is 2.14. The molecule has 1 aromatic carbocycles. The average molecular weight is 307 g/mol. The molecule has 108 valence electrons. The van der Waals surface area contributed by atoms with Crippen molar-refractivity contribution < 1.29 is 9.53 Å². The summed E-state index contributed by atoms with van der Waals surface area (Å²) in [6.07, 6.45) is -0.0793. The highest BCUT2D eigenvalue weighted by Crippen LogP contribution is 2.16. The van der Waals surface area contributed by atoms with Crippen LogP contribution in [0.15, 0.2) is 23.0 Å². The fraction of sp³-hybridized carbons (Fsp3) is 0.231. The van der Waals surface area contributed by atoms with Crippen molar-refractivity contribution in [2.75, 3.05) is 6.61 Å². The molecule has 3 aromatic rings. The molecule has 3 rings (SSSR count). The van der Waals surface area contributed by atoms with Crippen LogP contribution in [0.1, 0.15) is 12.7 Å². The first-order valence-corrected chi connectivity index (χ1v) is 6.69. The predicted octanol–water partition coefficient (Wildman–Crippen LogP) is 1.33. The molecular formula is C13H11ClN4O3. The van der Waals surface area contributed by atoms with Gasteiger partial charge in [-0.1, -0.05) is 11.6 Å². The Morgan fingerprint density at radius 1 is 1.48 bits per heavy atom. The highest BCUT2D eigenvalue weighted by atomic mass is 35.5. The molecule has 2 heterocycles. The number of aromatic amines is 1. The summed E-state index contributed by atoms with van der Waals surface area (Å²) >= 11 is 5.90. The Kier molecular flexibility index (Phi) is 3.34. The Labute approximate surface area is 123 Å². The van der Waals surface area contributed by atoms with Gasteiger partial charge in [0, 0.05) is 5.02 Å². The van der Waals surface area contributed by atoms with Crippen LogP contribution in [-0.4, -0.2) is 32.2 Å². The molecule has 1 N–H and O–H groups in total. The fourth-order valence-corrected chi connectivity index (χ4v) is 2.23. The first-order chi connectivity index (χ1) is 10.1. The van der Waals surface area contributed by atoms with Gasteiger partial charge in [-0.15, -0.1) is 5.10 Å². The molecule has 0 aliphatic heterocycles. The van der Waals surface area contributed by atoms with Gasteiger partial charge in [0.1, 0.15) is 6.42 Å². The lowest BCUT2D eigenvalue weighted by Crippen LogP contribution is -2.11. The molecule has 0 bridgehead atoms. The van der Waals surface area contributed by atoms with E-state index in [4.69, 9.17) is 16.3 Å². The van der Waals surface area contributed by atoms with Crippen molar-refractivity contribution >= 4 is 34.3 Å². The third-order valence-electron chi connectivity index (χ3n) is 2.90. The van der Waals surface area contributed by atoms with Crippen molar-refractivity contribution in [1.29, 1.82) is 0 Å². The van der Waals surface area contributed by atoms with Gasteiger partial charge in [0.05, 0.1) is 17.6 Å². The molecule has 0 spiro atoms. The molecule has 0 aliphatic carbocycles. The number of benzene rings is 1. The molecule has 8 heteroatoms. The molecule has 7 nitrogen and oxygen atoms in total. The number of hydrogen-bond donors (Lipinski definition) is 1. The van der Waals surface area contributed by atoms with Crippen LogP contribution in [0.25, 0.3) is 16.7 Å². The van der Waals surface area contributed by atoms with E-state index in [1.54, 1.807) is 25.1 Å². The van der Waals surface area contributed by atoms with Crippen LogP contribution in [0, 0.1) is 0 Å². The number of rotatable bonds is 3. The van der Waals surface area contributed by atoms with Gasteiger partial charge in [0.2, 0.25) is 5.65 Å². The number of carbonyl (C=O) groups is 1. The maximum Gasteiger partial charge on any atom is 0.313 e. The topological polar surface area (TPSA) is 89.3 Å². The third-order valence-corrected chi connectivity index (χ3v) is 3.13. The third kappa shape index (κ3) is 2.47. The number of carbonyl (C=O) groups excluding carboxylic acids is 1. The molecule has 0 saturated carbocycles. The van der Waals surface area contributed by atoms with Crippen molar-refractivity contribution in [3.8, 4) is 0 Å². The molecule has 2 aromatic heterocycles. The molecule has 0 radical (unpaired) electrons. The van der Waals surface area contributed by atoms with Gasteiger partial charge in [0.25, 0.3) is 5.56 Å². The van der Waals surface area contributed by atoms with Crippen LogP contribution in [0.2, 0.25) is 5.02 Å². The van der Waals surface area contributed by atoms with Crippen LogP contribution in [0.4, 0.5) is 0 Å². The summed E-state index contributed by atoms with van der Waals surface area (Å²) in [5, 5.41) is 4.70. The first kappa shape index (κ1) is 13.6. The van der Waals surface area contributed by atoms with E-state index in [1.165, 1.54) is 4.52 Å². The van der Waals surface area contributed by atoms with Gasteiger partial charge < -0.3 is 9.72 Å². The minimum absolute atomic E-state index is 0.0793. The number of H-pyrrole nitrogens is 1. The summed E-state index contributed by atoms with van der Waals surface area (Å²) in [6, 6.07) is 5.04. The van der Waals surface area contributed by atoms with E-state index in [9.17, 15) is 9.59 Å². The fourth-order valence-electron chi connectivity index (χ4n) is 2.06. The second kappa shape index (κ2) is 5.17. The molecule has 21 heavy (non-hydrogen) atoms. The van der Waals surface area contributed by atoms with E-state index in [2.05, 4.69) is 15.1 Å². The van der Waals surface area contributed by atoms with E-state index in [-0.39, 0.29) is 24.5 Å². The van der Waals surface area contributed by atoms with Crippen molar-refractivity contribution in [2.24, 2.45) is 0 Å². The zero-order valence-electron chi connectivity index (χ0n) is 11.1. The number of nitrogens with zero attached hydrogens (tertiary/aromatic N) is 3. The van der Waals surface area contributed by atoms with E-state index >= 15 is 0 Å². The molecule has 0 amide bonds. The van der Waals surface area contributed by atoms with Crippen molar-refractivity contribution in [1.82, 2.24) is 19.6 Å². The van der Waals surface area contributed by atoms with Crippen LogP contribution < -0.4 is 5.56 Å². The Bertz CT molecular complexity index is 899. The van der Waals surface area contributed by atoms with Gasteiger partial charge in [-0.3, -0.25) is 9.59 Å². The molecule has 0 fully saturated rings. The lowest BCUT2D eigenvalue weighted by atomic mass is 10.3. The van der Waals surface area contributed by atoms with E-state index < -0.39 is 11.5 Å². The lowest BCUT2D eigenvalue weighted by molar-refractivity contribution is -0.142. The zero-order valence-corrected chi connectivity index (χ0v) is 11.8. The summed E-state index contributed by atoms with van der Waals surface area (Å²) in [5.74, 6) is -0.196. The van der Waals surface area contributed by atoms with Gasteiger partial charge in [-0.2, -0.15) is 0 Å². The molecule has 0 atom stereocenters. The summed E-state index contributed by atoms with van der Waals surface area (Å²) in [7, 11) is 0. The van der Waals surface area contributed by atoms with E-state index in [1.807, 2.05) is 0 Å². The minimum Gasteiger partial charge on any atom is -0.466 e. The smallest absolute Gasteiger partial charge is 0.313 e.